The van der Waals surface area contributed by atoms with Gasteiger partial charge in [-0.25, -0.2) is 0 Å². The van der Waals surface area contributed by atoms with Crippen molar-refractivity contribution in [3.05, 3.63) is 0 Å². The van der Waals surface area contributed by atoms with Crippen molar-refractivity contribution < 1.29 is 9.90 Å². The Morgan fingerprint density at radius 1 is 1.41 bits per heavy atom. The molecule has 0 aliphatic heterocycles. The van der Waals surface area contributed by atoms with Crippen LogP contribution in [0.25, 0.3) is 0 Å². The van der Waals surface area contributed by atoms with Gasteiger partial charge in [0.15, 0.2) is 0 Å². The Kier molecular flexibility index (Phi) is 5.44. The zero-order valence-corrected chi connectivity index (χ0v) is 11.2. The lowest BCUT2D eigenvalue weighted by Crippen LogP contribution is -2.46. The van der Waals surface area contributed by atoms with Gasteiger partial charge < -0.3 is 10.8 Å². The van der Waals surface area contributed by atoms with Gasteiger partial charge in [0.05, 0.1) is 5.41 Å². The average Bonchev–Trinajstić information content (AvgIpc) is 2.35. The maximum atomic E-state index is 11.7. The van der Waals surface area contributed by atoms with E-state index in [0.717, 1.165) is 25.7 Å². The van der Waals surface area contributed by atoms with E-state index >= 15 is 0 Å². The molecular formula is C14H27NO2. The van der Waals surface area contributed by atoms with Crippen molar-refractivity contribution in [2.45, 2.75) is 58.8 Å². The molecule has 0 heterocycles. The molecule has 0 aromatic rings. The maximum Gasteiger partial charge on any atom is 0.311 e. The fourth-order valence-corrected chi connectivity index (χ4v) is 3.45. The third kappa shape index (κ3) is 3.01. The molecule has 3 unspecified atom stereocenters. The van der Waals surface area contributed by atoms with Gasteiger partial charge in [0.25, 0.3) is 0 Å². The zero-order valence-electron chi connectivity index (χ0n) is 11.2. The van der Waals surface area contributed by atoms with Crippen molar-refractivity contribution in [3.8, 4) is 0 Å². The number of hydrogen-bond acceptors (Lipinski definition) is 2. The Morgan fingerprint density at radius 2 is 2.12 bits per heavy atom. The smallest absolute Gasteiger partial charge is 0.311 e. The summed E-state index contributed by atoms with van der Waals surface area (Å²) in [4.78, 5) is 11.7. The van der Waals surface area contributed by atoms with Gasteiger partial charge in [-0.3, -0.25) is 4.79 Å². The molecule has 3 heteroatoms. The summed E-state index contributed by atoms with van der Waals surface area (Å²) in [6, 6.07) is 0. The van der Waals surface area contributed by atoms with Crippen LogP contribution in [0.2, 0.25) is 0 Å². The highest BCUT2D eigenvalue weighted by molar-refractivity contribution is 5.75. The fraction of sp³-hybridized carbons (Fsp3) is 0.929. The van der Waals surface area contributed by atoms with Gasteiger partial charge in [-0.15, -0.1) is 0 Å². The number of nitrogens with two attached hydrogens (primary N) is 1. The quantitative estimate of drug-likeness (QED) is 0.751. The first-order valence-corrected chi connectivity index (χ1v) is 7.04. The van der Waals surface area contributed by atoms with E-state index in [-0.39, 0.29) is 12.5 Å². The molecule has 1 aliphatic rings. The summed E-state index contributed by atoms with van der Waals surface area (Å²) in [5.41, 5.74) is 5.17. The molecule has 0 saturated heterocycles. The van der Waals surface area contributed by atoms with E-state index in [1.165, 1.54) is 19.3 Å². The maximum absolute atomic E-state index is 11.7. The second-order valence-electron chi connectivity index (χ2n) is 5.55. The molecule has 100 valence electrons. The summed E-state index contributed by atoms with van der Waals surface area (Å²) in [6.07, 6.45) is 7.32. The van der Waals surface area contributed by atoms with Crippen LogP contribution in [0.15, 0.2) is 0 Å². The molecule has 0 radical (unpaired) electrons. The molecule has 3 atom stereocenters. The Balaban J connectivity index is 2.84. The minimum Gasteiger partial charge on any atom is -0.481 e. The van der Waals surface area contributed by atoms with Gasteiger partial charge in [0.2, 0.25) is 0 Å². The molecule has 0 aromatic heterocycles. The highest BCUT2D eigenvalue weighted by atomic mass is 16.4. The monoisotopic (exact) mass is 241 g/mol. The molecule has 3 nitrogen and oxygen atoms in total. The Bertz CT molecular complexity index is 255. The van der Waals surface area contributed by atoms with Crippen LogP contribution in [-0.2, 0) is 4.79 Å². The number of hydrogen-bond donors (Lipinski definition) is 2. The molecule has 1 fully saturated rings. The third-order valence-electron chi connectivity index (χ3n) is 4.63. The van der Waals surface area contributed by atoms with Gasteiger partial charge >= 0.3 is 5.97 Å². The topological polar surface area (TPSA) is 63.3 Å². The van der Waals surface area contributed by atoms with Gasteiger partial charge in [0.1, 0.15) is 0 Å². The predicted octanol–water partition coefficient (Wildman–Crippen LogP) is 3.03. The van der Waals surface area contributed by atoms with Gasteiger partial charge in [0, 0.05) is 6.54 Å². The van der Waals surface area contributed by atoms with Crippen LogP contribution in [0, 0.1) is 17.3 Å². The van der Waals surface area contributed by atoms with Crippen molar-refractivity contribution in [3.63, 3.8) is 0 Å². The number of carboxylic acids is 1. The molecule has 1 aliphatic carbocycles. The molecule has 0 bridgehead atoms. The van der Waals surface area contributed by atoms with Crippen molar-refractivity contribution in [1.82, 2.24) is 0 Å². The summed E-state index contributed by atoms with van der Waals surface area (Å²) >= 11 is 0. The second kappa shape index (κ2) is 6.39. The summed E-state index contributed by atoms with van der Waals surface area (Å²) in [5.74, 6) is 0.308. The van der Waals surface area contributed by atoms with Gasteiger partial charge in [-0.1, -0.05) is 39.5 Å². The predicted molar refractivity (Wildman–Crippen MR) is 69.8 cm³/mol. The van der Waals surface area contributed by atoms with E-state index < -0.39 is 11.4 Å². The van der Waals surface area contributed by atoms with Crippen LogP contribution < -0.4 is 5.73 Å². The molecular weight excluding hydrogens is 214 g/mol. The summed E-state index contributed by atoms with van der Waals surface area (Å²) in [7, 11) is 0. The van der Waals surface area contributed by atoms with E-state index in [9.17, 15) is 9.90 Å². The molecule has 0 amide bonds. The van der Waals surface area contributed by atoms with Gasteiger partial charge in [-0.2, -0.15) is 0 Å². The van der Waals surface area contributed by atoms with Crippen molar-refractivity contribution in [1.29, 1.82) is 0 Å². The number of aliphatic carboxylic acids is 1. The minimum absolute atomic E-state index is 0.281. The van der Waals surface area contributed by atoms with E-state index in [1.807, 2.05) is 6.92 Å². The first-order chi connectivity index (χ1) is 8.10. The SMILES string of the molecule is CCCC(CN)(C(=O)O)C1CCCC(CC)C1. The standard InChI is InChI=1S/C14H27NO2/c1-3-8-14(10-15,13(16)17)12-7-5-6-11(4-2)9-12/h11-12H,3-10,15H2,1-2H3,(H,16,17). The van der Waals surface area contributed by atoms with Gasteiger partial charge in [-0.05, 0) is 31.1 Å². The third-order valence-corrected chi connectivity index (χ3v) is 4.63. The van der Waals surface area contributed by atoms with Crippen LogP contribution >= 0.6 is 0 Å². The average molecular weight is 241 g/mol. The summed E-state index contributed by atoms with van der Waals surface area (Å²) < 4.78 is 0. The molecule has 1 rings (SSSR count). The Labute approximate surface area is 105 Å². The van der Waals surface area contributed by atoms with Crippen LogP contribution in [0.3, 0.4) is 0 Å². The van der Waals surface area contributed by atoms with Crippen molar-refractivity contribution >= 4 is 5.97 Å². The normalized spacial score (nSPS) is 28.6. The van der Waals surface area contributed by atoms with Crippen LogP contribution in [0.4, 0.5) is 0 Å². The van der Waals surface area contributed by atoms with Crippen molar-refractivity contribution in [2.75, 3.05) is 6.54 Å². The summed E-state index contributed by atoms with van der Waals surface area (Å²) in [6.45, 7) is 4.54. The Morgan fingerprint density at radius 3 is 2.59 bits per heavy atom. The first kappa shape index (κ1) is 14.5. The molecule has 0 spiro atoms. The molecule has 1 saturated carbocycles. The van der Waals surface area contributed by atoms with E-state index in [1.54, 1.807) is 0 Å². The second-order valence-corrected chi connectivity index (χ2v) is 5.55. The Hall–Kier alpha value is -0.570. The van der Waals surface area contributed by atoms with Crippen LogP contribution in [0.1, 0.15) is 58.8 Å². The fourth-order valence-electron chi connectivity index (χ4n) is 3.45. The number of rotatable bonds is 6. The van der Waals surface area contributed by atoms with Crippen LogP contribution in [-0.4, -0.2) is 17.6 Å². The van der Waals surface area contributed by atoms with E-state index in [0.29, 0.717) is 5.92 Å². The highest BCUT2D eigenvalue weighted by Gasteiger charge is 2.45. The first-order valence-electron chi connectivity index (χ1n) is 7.04. The lowest BCUT2D eigenvalue weighted by Gasteiger charge is -2.41. The van der Waals surface area contributed by atoms with E-state index in [2.05, 4.69) is 6.92 Å². The number of carbonyl (C=O) groups is 1. The molecule has 17 heavy (non-hydrogen) atoms. The van der Waals surface area contributed by atoms with E-state index in [4.69, 9.17) is 5.73 Å². The van der Waals surface area contributed by atoms with Crippen LogP contribution in [0.5, 0.6) is 0 Å². The molecule has 3 N–H and O–H groups in total. The largest absolute Gasteiger partial charge is 0.481 e. The lowest BCUT2D eigenvalue weighted by atomic mass is 9.64. The summed E-state index contributed by atoms with van der Waals surface area (Å²) in [5, 5.41) is 9.59. The molecule has 0 aromatic carbocycles. The minimum atomic E-state index is -0.677. The lowest BCUT2D eigenvalue weighted by molar-refractivity contribution is -0.154. The number of carboxylic acid groups (broad SMARTS) is 1. The highest BCUT2D eigenvalue weighted by Crippen LogP contribution is 2.44. The zero-order chi connectivity index (χ0) is 12.9. The van der Waals surface area contributed by atoms with Crippen molar-refractivity contribution in [2.24, 2.45) is 23.0 Å².